The number of nitrogens with zero attached hydrogens (tertiary/aromatic N) is 5. The fraction of sp³-hybridized carbons (Fsp3) is 0.440. The van der Waals surface area contributed by atoms with E-state index in [-0.39, 0.29) is 11.8 Å². The number of anilines is 2. The fourth-order valence-corrected chi connectivity index (χ4v) is 4.32. The minimum Gasteiger partial charge on any atom is -0.372 e. The Labute approximate surface area is 206 Å². The summed E-state index contributed by atoms with van der Waals surface area (Å²) in [5.41, 5.74) is 6.76. The monoisotopic (exact) mass is 478 g/mol. The first-order valence-corrected chi connectivity index (χ1v) is 12.2. The molecule has 3 heterocycles. The molecule has 10 heteroatoms. The molecule has 1 fully saturated rings. The van der Waals surface area contributed by atoms with Gasteiger partial charge in [-0.05, 0) is 61.9 Å². The Morgan fingerprint density at radius 1 is 1.09 bits per heavy atom. The van der Waals surface area contributed by atoms with Gasteiger partial charge in [0.15, 0.2) is 5.82 Å². The first-order chi connectivity index (χ1) is 17.0. The number of aromatic nitrogens is 2. The van der Waals surface area contributed by atoms with E-state index in [9.17, 15) is 9.59 Å². The van der Waals surface area contributed by atoms with Crippen LogP contribution in [0.2, 0.25) is 0 Å². The molecule has 1 aromatic heterocycles. The quantitative estimate of drug-likeness (QED) is 0.444. The number of hydrogen-bond donors (Lipinski definition) is 3. The van der Waals surface area contributed by atoms with Crippen LogP contribution in [0.4, 0.5) is 11.5 Å². The Kier molecular flexibility index (Phi) is 8.15. The van der Waals surface area contributed by atoms with Crippen molar-refractivity contribution >= 4 is 23.3 Å². The third-order valence-electron chi connectivity index (χ3n) is 6.19. The molecule has 0 unspecified atom stereocenters. The zero-order valence-corrected chi connectivity index (χ0v) is 20.5. The second-order valence-corrected chi connectivity index (χ2v) is 8.90. The standard InChI is InChI=1S/C25H34N8O2/c1-26-25(35)22-18-33(30-31(22)2)15-4-3-9-20-11-12-23(29-28-20)27-24(34)17-19-8-7-10-21(16-19)32-13-5-6-14-32/h7-8,10-12,16,18,30H,3-6,9,13-15,17H2,1-2H3,(H,26,35)(H,27,29,34). The maximum Gasteiger partial charge on any atom is 0.270 e. The SMILES string of the molecule is CNC(=O)C1=CN(CCCCc2ccc(NC(=O)Cc3cccc(N4CCCC4)c3)nn2)NN1C. The second-order valence-electron chi connectivity index (χ2n) is 8.90. The number of likely N-dealkylation sites (N-methyl/N-ethyl adjacent to an activating group) is 2. The highest BCUT2D eigenvalue weighted by molar-refractivity contribution is 5.92. The number of benzene rings is 1. The van der Waals surface area contributed by atoms with Gasteiger partial charge in [-0.2, -0.15) is 5.10 Å². The molecule has 2 aliphatic rings. The predicted molar refractivity (Wildman–Crippen MR) is 135 cm³/mol. The van der Waals surface area contributed by atoms with Gasteiger partial charge in [0.2, 0.25) is 5.91 Å². The Balaban J connectivity index is 1.19. The zero-order valence-electron chi connectivity index (χ0n) is 20.5. The second kappa shape index (κ2) is 11.7. The van der Waals surface area contributed by atoms with Crippen LogP contribution in [0.25, 0.3) is 0 Å². The van der Waals surface area contributed by atoms with E-state index < -0.39 is 0 Å². The van der Waals surface area contributed by atoms with Crippen LogP contribution in [0, 0.1) is 0 Å². The maximum atomic E-state index is 12.5. The molecule has 3 N–H and O–H groups in total. The molecule has 186 valence electrons. The number of aryl methyl sites for hydroxylation is 1. The molecule has 0 bridgehead atoms. The number of carbonyl (C=O) groups is 2. The van der Waals surface area contributed by atoms with E-state index >= 15 is 0 Å². The van der Waals surface area contributed by atoms with Crippen molar-refractivity contribution in [1.82, 2.24) is 31.1 Å². The number of carbonyl (C=O) groups excluding carboxylic acids is 2. The molecule has 0 radical (unpaired) electrons. The molecule has 2 aliphatic heterocycles. The van der Waals surface area contributed by atoms with Gasteiger partial charge < -0.3 is 15.5 Å². The molecule has 0 aliphatic carbocycles. The van der Waals surface area contributed by atoms with Gasteiger partial charge in [-0.1, -0.05) is 12.1 Å². The van der Waals surface area contributed by atoms with E-state index in [0.29, 0.717) is 17.9 Å². The van der Waals surface area contributed by atoms with Gasteiger partial charge in [0.25, 0.3) is 5.91 Å². The van der Waals surface area contributed by atoms with E-state index in [2.05, 4.69) is 43.4 Å². The summed E-state index contributed by atoms with van der Waals surface area (Å²) in [6.07, 6.45) is 7.21. The van der Waals surface area contributed by atoms with Gasteiger partial charge in [-0.15, -0.1) is 10.6 Å². The van der Waals surface area contributed by atoms with Crippen molar-refractivity contribution in [2.45, 2.75) is 38.5 Å². The smallest absolute Gasteiger partial charge is 0.270 e. The lowest BCUT2D eigenvalue weighted by Crippen LogP contribution is -2.40. The molecule has 1 saturated heterocycles. The number of amides is 2. The lowest BCUT2D eigenvalue weighted by Gasteiger charge is -2.20. The predicted octanol–water partition coefficient (Wildman–Crippen LogP) is 1.84. The highest BCUT2D eigenvalue weighted by Crippen LogP contribution is 2.21. The van der Waals surface area contributed by atoms with Crippen LogP contribution < -0.4 is 21.1 Å². The molecule has 4 rings (SSSR count). The Hall–Kier alpha value is -3.66. The van der Waals surface area contributed by atoms with E-state index in [0.717, 1.165) is 50.2 Å². The fourth-order valence-electron chi connectivity index (χ4n) is 4.32. The lowest BCUT2D eigenvalue weighted by atomic mass is 10.1. The molecule has 0 spiro atoms. The first kappa shape index (κ1) is 24.5. The molecule has 1 aromatic carbocycles. The number of unbranched alkanes of at least 4 members (excludes halogenated alkanes) is 1. The van der Waals surface area contributed by atoms with Gasteiger partial charge in [0, 0.05) is 45.6 Å². The number of nitrogens with one attached hydrogen (secondary N) is 3. The van der Waals surface area contributed by atoms with E-state index in [1.165, 1.54) is 18.5 Å². The lowest BCUT2D eigenvalue weighted by molar-refractivity contribution is -0.118. The van der Waals surface area contributed by atoms with Crippen molar-refractivity contribution in [2.24, 2.45) is 0 Å². The van der Waals surface area contributed by atoms with E-state index in [4.69, 9.17) is 0 Å². The van der Waals surface area contributed by atoms with Crippen LogP contribution in [-0.4, -0.2) is 65.8 Å². The van der Waals surface area contributed by atoms with Crippen molar-refractivity contribution in [3.63, 3.8) is 0 Å². The molecule has 0 saturated carbocycles. The molecular formula is C25H34N8O2. The summed E-state index contributed by atoms with van der Waals surface area (Å²) in [4.78, 5) is 26.7. The highest BCUT2D eigenvalue weighted by Gasteiger charge is 2.21. The van der Waals surface area contributed by atoms with Crippen molar-refractivity contribution in [2.75, 3.05) is 43.9 Å². The summed E-state index contributed by atoms with van der Waals surface area (Å²) in [6, 6.07) is 11.9. The average Bonchev–Trinajstić information content (AvgIpc) is 3.53. The molecule has 2 aromatic rings. The van der Waals surface area contributed by atoms with E-state index in [1.54, 1.807) is 24.3 Å². The molecule has 35 heavy (non-hydrogen) atoms. The number of hydrogen-bond acceptors (Lipinski definition) is 8. The van der Waals surface area contributed by atoms with Crippen molar-refractivity contribution < 1.29 is 9.59 Å². The van der Waals surface area contributed by atoms with Gasteiger partial charge in [-0.25, -0.2) is 0 Å². The van der Waals surface area contributed by atoms with E-state index in [1.807, 2.05) is 30.3 Å². The number of rotatable bonds is 10. The van der Waals surface area contributed by atoms with Crippen molar-refractivity contribution in [3.8, 4) is 0 Å². The van der Waals surface area contributed by atoms with Crippen LogP contribution in [0.3, 0.4) is 0 Å². The Morgan fingerprint density at radius 3 is 2.66 bits per heavy atom. The third-order valence-corrected chi connectivity index (χ3v) is 6.19. The summed E-state index contributed by atoms with van der Waals surface area (Å²) < 4.78 is 0. The minimum absolute atomic E-state index is 0.0992. The maximum absolute atomic E-state index is 12.5. The molecule has 10 nitrogen and oxygen atoms in total. The summed E-state index contributed by atoms with van der Waals surface area (Å²) in [5, 5.41) is 17.5. The summed E-state index contributed by atoms with van der Waals surface area (Å²) in [6.45, 7) is 2.94. The van der Waals surface area contributed by atoms with Gasteiger partial charge in [-0.3, -0.25) is 19.6 Å². The summed E-state index contributed by atoms with van der Waals surface area (Å²) in [7, 11) is 3.42. The largest absolute Gasteiger partial charge is 0.372 e. The van der Waals surface area contributed by atoms with Crippen LogP contribution in [0.15, 0.2) is 48.3 Å². The Bertz CT molecular complexity index is 1050. The van der Waals surface area contributed by atoms with Gasteiger partial charge >= 0.3 is 0 Å². The van der Waals surface area contributed by atoms with Gasteiger partial charge in [0.1, 0.15) is 5.70 Å². The first-order valence-electron chi connectivity index (χ1n) is 12.2. The van der Waals surface area contributed by atoms with Crippen LogP contribution in [-0.2, 0) is 22.4 Å². The molecule has 0 atom stereocenters. The van der Waals surface area contributed by atoms with Crippen LogP contribution in [0.5, 0.6) is 0 Å². The van der Waals surface area contributed by atoms with Crippen LogP contribution >= 0.6 is 0 Å². The zero-order chi connectivity index (χ0) is 24.6. The van der Waals surface area contributed by atoms with Crippen molar-refractivity contribution in [1.29, 1.82) is 0 Å². The van der Waals surface area contributed by atoms with Crippen LogP contribution in [0.1, 0.15) is 36.9 Å². The third kappa shape index (κ3) is 6.69. The summed E-state index contributed by atoms with van der Waals surface area (Å²) >= 11 is 0. The highest BCUT2D eigenvalue weighted by atomic mass is 16.2. The average molecular weight is 479 g/mol. The Morgan fingerprint density at radius 2 is 1.91 bits per heavy atom. The summed E-state index contributed by atoms with van der Waals surface area (Å²) in [5.74, 6) is 0.240. The molecular weight excluding hydrogens is 444 g/mol. The molecule has 2 amide bonds. The van der Waals surface area contributed by atoms with Gasteiger partial charge in [0.05, 0.1) is 12.1 Å². The van der Waals surface area contributed by atoms with Crippen molar-refractivity contribution in [3.05, 3.63) is 59.6 Å². The number of hydrazine groups is 2. The normalized spacial score (nSPS) is 15.4. The topological polar surface area (TPSA) is 106 Å². The minimum atomic E-state index is -0.124.